The monoisotopic (exact) mass is 420 g/mol. The molecule has 0 saturated heterocycles. The number of carbonyl (C=O) groups excluding carboxylic acids is 2. The number of Topliss-reactive ketones (excluding diaryl/α,β-unsaturated/α-hetero) is 1. The van der Waals surface area contributed by atoms with Crippen molar-refractivity contribution in [1.82, 2.24) is 0 Å². The number of rotatable bonds is 4. The lowest BCUT2D eigenvalue weighted by atomic mass is 9.45. The van der Waals surface area contributed by atoms with E-state index in [0.717, 1.165) is 18.4 Å². The number of hydrogen-bond donors (Lipinski definition) is 4. The van der Waals surface area contributed by atoms with Crippen molar-refractivity contribution in [2.24, 2.45) is 28.6 Å². The lowest BCUT2D eigenvalue weighted by Crippen LogP contribution is -2.63. The van der Waals surface area contributed by atoms with Gasteiger partial charge in [-0.05, 0) is 67.8 Å². The van der Waals surface area contributed by atoms with Crippen LogP contribution in [0.1, 0.15) is 65.2 Å². The summed E-state index contributed by atoms with van der Waals surface area (Å²) in [6.07, 6.45) is 2.24. The molecule has 2 unspecified atom stereocenters. The molecule has 7 heteroatoms. The molecule has 4 aliphatic rings. The minimum Gasteiger partial charge on any atom is -0.481 e. The summed E-state index contributed by atoms with van der Waals surface area (Å²) in [6.45, 7) is 3.95. The molecule has 0 aromatic carbocycles. The first-order valence-electron chi connectivity index (χ1n) is 11.0. The predicted octanol–water partition coefficient (Wildman–Crippen LogP) is 1.62. The molecule has 0 aromatic rings. The Morgan fingerprint density at radius 1 is 1.20 bits per heavy atom. The molecular formula is C23H32O7. The summed E-state index contributed by atoms with van der Waals surface area (Å²) < 4.78 is 0. The van der Waals surface area contributed by atoms with E-state index in [9.17, 15) is 29.7 Å². The lowest BCUT2D eigenvalue weighted by molar-refractivity contribution is -0.186. The number of carboxylic acid groups (broad SMARTS) is 1. The maximum Gasteiger partial charge on any atom is 0.306 e. The van der Waals surface area contributed by atoms with Crippen LogP contribution in [0.15, 0.2) is 11.6 Å². The molecule has 0 spiro atoms. The molecule has 0 aromatic heterocycles. The Hall–Kier alpha value is -1.57. The van der Waals surface area contributed by atoms with Gasteiger partial charge in [-0.2, -0.15) is 0 Å². The molecule has 3 saturated carbocycles. The minimum atomic E-state index is -1.85. The summed E-state index contributed by atoms with van der Waals surface area (Å²) in [4.78, 5) is 35.9. The molecule has 4 N–H and O–H groups in total. The highest BCUT2D eigenvalue weighted by Gasteiger charge is 2.68. The van der Waals surface area contributed by atoms with Crippen LogP contribution in [0.5, 0.6) is 0 Å². The summed E-state index contributed by atoms with van der Waals surface area (Å²) in [5.41, 5.74) is -1.92. The lowest BCUT2D eigenvalue weighted by Gasteiger charge is -2.60. The Kier molecular flexibility index (Phi) is 5.03. The molecule has 0 heterocycles. The molecule has 3 fully saturated rings. The van der Waals surface area contributed by atoms with Crippen molar-refractivity contribution in [2.75, 3.05) is 0 Å². The van der Waals surface area contributed by atoms with Crippen LogP contribution in [0.3, 0.4) is 0 Å². The van der Waals surface area contributed by atoms with E-state index in [1.165, 1.54) is 0 Å². The molecule has 30 heavy (non-hydrogen) atoms. The number of aliphatic hydroxyl groups is 3. The second-order valence-electron chi connectivity index (χ2n) is 10.5. The van der Waals surface area contributed by atoms with E-state index in [2.05, 4.69) is 6.92 Å². The second-order valence-corrected chi connectivity index (χ2v) is 10.5. The quantitative estimate of drug-likeness (QED) is 0.543. The molecular weight excluding hydrogens is 388 g/mol. The van der Waals surface area contributed by atoms with E-state index in [1.807, 2.05) is 6.92 Å². The average Bonchev–Trinajstić information content (AvgIpc) is 2.92. The maximum absolute atomic E-state index is 13.0. The van der Waals surface area contributed by atoms with E-state index < -0.39 is 41.4 Å². The summed E-state index contributed by atoms with van der Waals surface area (Å²) in [6, 6.07) is 0. The highest BCUT2D eigenvalue weighted by Crippen LogP contribution is 2.67. The zero-order chi connectivity index (χ0) is 22.1. The smallest absolute Gasteiger partial charge is 0.306 e. The third-order valence-corrected chi connectivity index (χ3v) is 9.13. The SMILES string of the molecule is C[C@]12CCC(=O)C=C1CC[C@@H]1[C@@H]2C(O)C[C@@]2(C)[C@H]1CC[C@]2(O)C(=O)C(O)CC(=O)O. The van der Waals surface area contributed by atoms with Gasteiger partial charge >= 0.3 is 5.97 Å². The Bertz CT molecular complexity index is 818. The van der Waals surface area contributed by atoms with Gasteiger partial charge < -0.3 is 20.4 Å². The van der Waals surface area contributed by atoms with Crippen molar-refractivity contribution >= 4 is 17.5 Å². The van der Waals surface area contributed by atoms with Crippen LogP contribution >= 0.6 is 0 Å². The van der Waals surface area contributed by atoms with Crippen molar-refractivity contribution in [3.05, 3.63) is 11.6 Å². The highest BCUT2D eigenvalue weighted by atomic mass is 16.4. The van der Waals surface area contributed by atoms with Crippen LogP contribution < -0.4 is 0 Å². The van der Waals surface area contributed by atoms with Crippen LogP contribution in [-0.2, 0) is 14.4 Å². The standard InChI is InChI=1S/C23H32O7/c1-21-7-5-13(24)9-12(21)3-4-14-15-6-8-23(30,20(29)16(25)10-18(27)28)22(15,2)11-17(26)19(14)21/h9,14-17,19,25-26,30H,3-8,10-11H2,1-2H3,(H,27,28)/t14-,15-,16?,17?,19+,21-,22-,23-/m0/s1. The molecule has 8 atom stereocenters. The Labute approximate surface area is 176 Å². The summed E-state index contributed by atoms with van der Waals surface area (Å²) in [7, 11) is 0. The fourth-order valence-corrected chi connectivity index (χ4v) is 7.63. The van der Waals surface area contributed by atoms with Crippen molar-refractivity contribution in [3.63, 3.8) is 0 Å². The summed E-state index contributed by atoms with van der Waals surface area (Å²) in [5, 5.41) is 41.9. The number of aliphatic carboxylic acids is 1. The van der Waals surface area contributed by atoms with E-state index in [0.29, 0.717) is 19.3 Å². The van der Waals surface area contributed by atoms with Gasteiger partial charge in [0.25, 0.3) is 0 Å². The van der Waals surface area contributed by atoms with Gasteiger partial charge in [0.2, 0.25) is 0 Å². The first-order chi connectivity index (χ1) is 13.9. The van der Waals surface area contributed by atoms with Crippen LogP contribution in [0, 0.1) is 28.6 Å². The van der Waals surface area contributed by atoms with Gasteiger partial charge in [0.1, 0.15) is 11.7 Å². The van der Waals surface area contributed by atoms with Gasteiger partial charge in [-0.25, -0.2) is 0 Å². The van der Waals surface area contributed by atoms with E-state index >= 15 is 0 Å². The molecule has 0 amide bonds. The zero-order valence-electron chi connectivity index (χ0n) is 17.6. The van der Waals surface area contributed by atoms with Gasteiger partial charge in [-0.15, -0.1) is 0 Å². The van der Waals surface area contributed by atoms with Crippen molar-refractivity contribution in [3.8, 4) is 0 Å². The largest absolute Gasteiger partial charge is 0.481 e. The van der Waals surface area contributed by atoms with E-state index in [1.54, 1.807) is 6.08 Å². The topological polar surface area (TPSA) is 132 Å². The van der Waals surface area contributed by atoms with Gasteiger partial charge in [0.05, 0.1) is 12.5 Å². The van der Waals surface area contributed by atoms with Gasteiger partial charge in [-0.1, -0.05) is 19.4 Å². The summed E-state index contributed by atoms with van der Waals surface area (Å²) >= 11 is 0. The second kappa shape index (κ2) is 6.97. The Balaban J connectivity index is 1.67. The number of carboxylic acids is 1. The maximum atomic E-state index is 13.0. The minimum absolute atomic E-state index is 0.00659. The van der Waals surface area contributed by atoms with Crippen LogP contribution in [0.2, 0.25) is 0 Å². The van der Waals surface area contributed by atoms with E-state index in [4.69, 9.17) is 5.11 Å². The Morgan fingerprint density at radius 3 is 2.57 bits per heavy atom. The van der Waals surface area contributed by atoms with Gasteiger partial charge in [-0.3, -0.25) is 14.4 Å². The first-order valence-corrected chi connectivity index (χ1v) is 11.0. The Morgan fingerprint density at radius 2 is 1.90 bits per heavy atom. The fourth-order valence-electron chi connectivity index (χ4n) is 7.63. The number of hydrogen-bond acceptors (Lipinski definition) is 6. The van der Waals surface area contributed by atoms with E-state index in [-0.39, 0.29) is 41.8 Å². The number of fused-ring (bicyclic) bond motifs is 5. The normalized spacial score (nSPS) is 46.3. The van der Waals surface area contributed by atoms with Crippen molar-refractivity contribution < 1.29 is 34.8 Å². The van der Waals surface area contributed by atoms with Crippen molar-refractivity contribution in [2.45, 2.75) is 83.0 Å². The molecule has 166 valence electrons. The van der Waals surface area contributed by atoms with Gasteiger partial charge in [0.15, 0.2) is 11.6 Å². The number of aliphatic hydroxyl groups excluding tert-OH is 2. The molecule has 7 nitrogen and oxygen atoms in total. The molecule has 0 bridgehead atoms. The van der Waals surface area contributed by atoms with Crippen LogP contribution in [0.25, 0.3) is 0 Å². The van der Waals surface area contributed by atoms with Crippen LogP contribution in [0.4, 0.5) is 0 Å². The van der Waals surface area contributed by atoms with Crippen LogP contribution in [-0.4, -0.2) is 55.8 Å². The fraction of sp³-hybridized carbons (Fsp3) is 0.783. The molecule has 0 aliphatic heterocycles. The van der Waals surface area contributed by atoms with Gasteiger partial charge in [0, 0.05) is 11.8 Å². The average molecular weight is 421 g/mol. The predicted molar refractivity (Wildman–Crippen MR) is 106 cm³/mol. The third kappa shape index (κ3) is 2.85. The number of allylic oxidation sites excluding steroid dienone is 1. The highest BCUT2D eigenvalue weighted by molar-refractivity contribution is 5.94. The zero-order valence-corrected chi connectivity index (χ0v) is 17.6. The molecule has 4 rings (SSSR count). The number of ketones is 2. The third-order valence-electron chi connectivity index (χ3n) is 9.13. The van der Waals surface area contributed by atoms with Crippen molar-refractivity contribution in [1.29, 1.82) is 0 Å². The molecule has 0 radical (unpaired) electrons. The molecule has 4 aliphatic carbocycles. The summed E-state index contributed by atoms with van der Waals surface area (Å²) in [5.74, 6) is -1.93. The number of carbonyl (C=O) groups is 3. The first kappa shape index (κ1) is 21.7.